The number of halogens is 5. The zero-order chi connectivity index (χ0) is 22.4. The molecule has 0 spiro atoms. The summed E-state index contributed by atoms with van der Waals surface area (Å²) in [6, 6.07) is 10.3. The lowest BCUT2D eigenvalue weighted by Gasteiger charge is -2.22. The van der Waals surface area contributed by atoms with Crippen LogP contribution in [-0.2, 0) is 10.3 Å². The van der Waals surface area contributed by atoms with Crippen molar-refractivity contribution in [3.63, 3.8) is 0 Å². The molecule has 0 saturated carbocycles. The molecule has 5 nitrogen and oxygen atoms in total. The largest absolute Gasteiger partial charge is 0.461 e. The van der Waals surface area contributed by atoms with Gasteiger partial charge in [-0.3, -0.25) is 9.13 Å². The molecule has 0 aliphatic carbocycles. The van der Waals surface area contributed by atoms with Crippen LogP contribution < -0.4 is 10.4 Å². The molecular weight excluding hydrogens is 423 g/mol. The van der Waals surface area contributed by atoms with Crippen molar-refractivity contribution < 1.29 is 31.4 Å². The van der Waals surface area contributed by atoms with E-state index in [4.69, 9.17) is 4.74 Å². The number of alkyl halides is 4. The van der Waals surface area contributed by atoms with Gasteiger partial charge in [0.2, 0.25) is 0 Å². The first-order valence-electron chi connectivity index (χ1n) is 9.29. The van der Waals surface area contributed by atoms with Crippen molar-refractivity contribution in [1.82, 2.24) is 9.13 Å². The molecule has 0 N–H and O–H groups in total. The Balaban J connectivity index is 1.59. The van der Waals surface area contributed by atoms with Gasteiger partial charge in [-0.25, -0.2) is 9.18 Å². The number of benzene rings is 2. The lowest BCUT2D eigenvalue weighted by molar-refractivity contribution is -0.253. The van der Waals surface area contributed by atoms with Crippen LogP contribution in [0.4, 0.5) is 22.0 Å². The van der Waals surface area contributed by atoms with Crippen LogP contribution in [0.25, 0.3) is 5.69 Å². The quantitative estimate of drug-likeness (QED) is 0.402. The maximum Gasteiger partial charge on any atom is 0.461 e. The van der Waals surface area contributed by atoms with Gasteiger partial charge in [0.25, 0.3) is 0 Å². The fourth-order valence-corrected chi connectivity index (χ4v) is 3.49. The Kier molecular flexibility index (Phi) is 5.12. The second-order valence-electron chi connectivity index (χ2n) is 7.15. The third kappa shape index (κ3) is 3.71. The molecule has 0 radical (unpaired) electrons. The van der Waals surface area contributed by atoms with E-state index in [1.54, 1.807) is 25.1 Å². The van der Waals surface area contributed by atoms with Crippen LogP contribution in [-0.4, -0.2) is 28.3 Å². The van der Waals surface area contributed by atoms with Gasteiger partial charge in [-0.05, 0) is 37.3 Å². The van der Waals surface area contributed by atoms with Crippen molar-refractivity contribution >= 4 is 0 Å². The monoisotopic (exact) mass is 440 g/mol. The molecule has 4 rings (SSSR count). The number of nitrogens with zero attached hydrogens (tertiary/aromatic N) is 2. The van der Waals surface area contributed by atoms with Gasteiger partial charge >= 0.3 is 18.2 Å². The molecule has 10 heteroatoms. The highest BCUT2D eigenvalue weighted by Gasteiger charge is 2.54. The topological polar surface area (TPSA) is 48.7 Å². The van der Waals surface area contributed by atoms with Crippen molar-refractivity contribution in [2.24, 2.45) is 0 Å². The van der Waals surface area contributed by atoms with E-state index in [2.05, 4.69) is 4.74 Å². The van der Waals surface area contributed by atoms with Crippen LogP contribution in [0, 0.1) is 5.82 Å². The third-order valence-corrected chi connectivity index (χ3v) is 5.30. The van der Waals surface area contributed by atoms with Crippen molar-refractivity contribution in [3.8, 4) is 11.4 Å². The SMILES string of the molecule is C[C@@H](n1ccn(-c2ccc(OC(F)(F)C(F)F)cc2)c1=O)[C@]1(c2ccccc2F)CO1. The number of ether oxygens (including phenoxy) is 2. The van der Waals surface area contributed by atoms with Crippen molar-refractivity contribution in [3.05, 3.63) is 82.8 Å². The molecule has 2 heterocycles. The van der Waals surface area contributed by atoms with Gasteiger partial charge in [0, 0.05) is 18.0 Å². The minimum absolute atomic E-state index is 0.247. The Morgan fingerprint density at radius 2 is 1.74 bits per heavy atom. The minimum atomic E-state index is -4.62. The molecular formula is C21H17F5N2O3. The first-order valence-corrected chi connectivity index (χ1v) is 9.29. The standard InChI is InChI=1S/C21H17F5N2O3/c1-13(20(12-30-20)16-4-2-3-5-17(16)22)27-10-11-28(19(27)29)14-6-8-15(9-7-14)31-21(25,26)18(23)24/h2-11,13,18H,12H2,1H3/t13-,20+/m1/s1. The molecule has 0 amide bonds. The molecule has 1 fully saturated rings. The number of epoxide rings is 1. The van der Waals surface area contributed by atoms with Crippen LogP contribution >= 0.6 is 0 Å². The predicted molar refractivity (Wildman–Crippen MR) is 100 cm³/mol. The van der Waals surface area contributed by atoms with Crippen LogP contribution in [0.2, 0.25) is 0 Å². The summed E-state index contributed by atoms with van der Waals surface area (Å²) >= 11 is 0. The summed E-state index contributed by atoms with van der Waals surface area (Å²) < 4.78 is 77.1. The first kappa shape index (κ1) is 21.1. The van der Waals surface area contributed by atoms with E-state index < -0.39 is 41.4 Å². The molecule has 2 atom stereocenters. The Bertz CT molecular complexity index is 1140. The molecule has 0 unspecified atom stereocenters. The number of hydrogen-bond donors (Lipinski definition) is 0. The Hall–Kier alpha value is -3.14. The van der Waals surface area contributed by atoms with Gasteiger partial charge in [0.05, 0.1) is 18.3 Å². The molecule has 1 saturated heterocycles. The zero-order valence-electron chi connectivity index (χ0n) is 16.1. The summed E-state index contributed by atoms with van der Waals surface area (Å²) in [6.07, 6.45) is -5.63. The average Bonchev–Trinajstić information content (AvgIpc) is 3.45. The second-order valence-corrected chi connectivity index (χ2v) is 7.15. The van der Waals surface area contributed by atoms with Crippen LogP contribution in [0.1, 0.15) is 18.5 Å². The molecule has 164 valence electrons. The van der Waals surface area contributed by atoms with Crippen molar-refractivity contribution in [1.29, 1.82) is 0 Å². The van der Waals surface area contributed by atoms with Crippen molar-refractivity contribution in [2.45, 2.75) is 31.1 Å². The molecule has 3 aromatic rings. The van der Waals surface area contributed by atoms with E-state index in [1.807, 2.05) is 0 Å². The Morgan fingerprint density at radius 3 is 2.32 bits per heavy atom. The van der Waals surface area contributed by atoms with Crippen LogP contribution in [0.3, 0.4) is 0 Å². The Morgan fingerprint density at radius 1 is 1.10 bits per heavy atom. The number of aromatic nitrogens is 2. The lowest BCUT2D eigenvalue weighted by Crippen LogP contribution is -2.33. The molecule has 2 aromatic carbocycles. The molecule has 1 aliphatic heterocycles. The van der Waals surface area contributed by atoms with Gasteiger partial charge in [-0.1, -0.05) is 18.2 Å². The lowest BCUT2D eigenvalue weighted by atomic mass is 9.92. The van der Waals surface area contributed by atoms with Gasteiger partial charge in [-0.2, -0.15) is 17.6 Å². The predicted octanol–water partition coefficient (Wildman–Crippen LogP) is 4.50. The van der Waals surface area contributed by atoms with E-state index >= 15 is 0 Å². The normalized spacial score (nSPS) is 19.5. The number of hydrogen-bond acceptors (Lipinski definition) is 3. The van der Waals surface area contributed by atoms with Crippen molar-refractivity contribution in [2.75, 3.05) is 6.61 Å². The highest BCUT2D eigenvalue weighted by atomic mass is 19.3. The van der Waals surface area contributed by atoms with E-state index in [0.717, 1.165) is 12.1 Å². The zero-order valence-corrected chi connectivity index (χ0v) is 16.1. The molecule has 1 aromatic heterocycles. The van der Waals surface area contributed by atoms with E-state index in [-0.39, 0.29) is 6.61 Å². The number of rotatable bonds is 7. The van der Waals surface area contributed by atoms with Crippen LogP contribution in [0.15, 0.2) is 65.7 Å². The average molecular weight is 440 g/mol. The fourth-order valence-electron chi connectivity index (χ4n) is 3.49. The summed E-state index contributed by atoms with van der Waals surface area (Å²) in [5.74, 6) is -0.907. The summed E-state index contributed by atoms with van der Waals surface area (Å²) in [5, 5.41) is 0. The Labute approximate surface area is 173 Å². The molecule has 0 bridgehead atoms. The van der Waals surface area contributed by atoms with Gasteiger partial charge < -0.3 is 9.47 Å². The highest BCUT2D eigenvalue weighted by Crippen LogP contribution is 2.48. The summed E-state index contributed by atoms with van der Waals surface area (Å²) in [4.78, 5) is 12.9. The fraction of sp³-hybridized carbons (Fsp3) is 0.286. The second kappa shape index (κ2) is 7.52. The van der Waals surface area contributed by atoms with E-state index in [1.165, 1.54) is 39.7 Å². The van der Waals surface area contributed by atoms with Crippen LogP contribution in [0.5, 0.6) is 5.75 Å². The first-order chi connectivity index (χ1) is 14.7. The van der Waals surface area contributed by atoms with Gasteiger partial charge in [0.15, 0.2) is 0 Å². The smallest absolute Gasteiger partial charge is 0.428 e. The minimum Gasteiger partial charge on any atom is -0.428 e. The molecule has 31 heavy (non-hydrogen) atoms. The summed E-state index contributed by atoms with van der Waals surface area (Å²) in [5.41, 5.74) is -0.783. The highest BCUT2D eigenvalue weighted by molar-refractivity contribution is 5.38. The number of imidazole rings is 1. The maximum atomic E-state index is 14.3. The summed E-state index contributed by atoms with van der Waals surface area (Å²) in [7, 11) is 0. The molecule has 1 aliphatic rings. The van der Waals surface area contributed by atoms with Gasteiger partial charge in [-0.15, -0.1) is 0 Å². The van der Waals surface area contributed by atoms with Gasteiger partial charge in [0.1, 0.15) is 17.2 Å². The maximum absolute atomic E-state index is 14.3. The van der Waals surface area contributed by atoms with E-state index in [0.29, 0.717) is 11.3 Å². The third-order valence-electron chi connectivity index (χ3n) is 5.30. The van der Waals surface area contributed by atoms with E-state index in [9.17, 15) is 26.7 Å². The summed E-state index contributed by atoms with van der Waals surface area (Å²) in [6.45, 7) is 1.98.